The third-order valence-electron chi connectivity index (χ3n) is 0.765. The minimum Gasteiger partial charge on any atom is -0.322 e. The molecule has 9 heteroatoms. The van der Waals surface area contributed by atoms with E-state index >= 15 is 0 Å². The van der Waals surface area contributed by atoms with E-state index in [0.717, 1.165) is 0 Å². The Labute approximate surface area is 62.1 Å². The van der Waals surface area contributed by atoms with Gasteiger partial charge in [0.1, 0.15) is 0 Å². The Balaban J connectivity index is 4.87. The predicted molar refractivity (Wildman–Crippen MR) is 37.4 cm³/mol. The van der Waals surface area contributed by atoms with Crippen LogP contribution in [0.1, 0.15) is 0 Å². The van der Waals surface area contributed by atoms with E-state index in [1.54, 1.807) is 0 Å². The van der Waals surface area contributed by atoms with E-state index in [0.29, 0.717) is 0 Å². The molecule has 4 N–H and O–H groups in total. The van der Waals surface area contributed by atoms with Gasteiger partial charge in [-0.2, -0.15) is 0 Å². The summed E-state index contributed by atoms with van der Waals surface area (Å²) in [5.74, 6) is 0. The first-order chi connectivity index (χ1) is 4.69. The molecule has 0 aromatic heterocycles. The number of nitrogens with zero attached hydrogens (tertiary/aromatic N) is 1. The van der Waals surface area contributed by atoms with Crippen molar-refractivity contribution in [1.82, 2.24) is 0 Å². The fourth-order valence-electron chi connectivity index (χ4n) is 0.409. The third kappa shape index (κ3) is 3.25. The van der Waals surface area contributed by atoms with Crippen LogP contribution in [0.4, 0.5) is 0 Å². The molecule has 0 aromatic carbocycles. The van der Waals surface area contributed by atoms with Crippen LogP contribution in [0.2, 0.25) is 0 Å². The van der Waals surface area contributed by atoms with Gasteiger partial charge < -0.3 is 19.6 Å². The normalized spacial score (nSPS) is 13.5. The van der Waals surface area contributed by atoms with Crippen LogP contribution in [0.3, 0.4) is 0 Å². The lowest BCUT2D eigenvalue weighted by Crippen LogP contribution is -2.04. The van der Waals surface area contributed by atoms with Gasteiger partial charge in [0.25, 0.3) is 5.52 Å². The van der Waals surface area contributed by atoms with Crippen LogP contribution >= 0.6 is 15.2 Å². The minimum atomic E-state index is -4.89. The van der Waals surface area contributed by atoms with E-state index in [9.17, 15) is 9.13 Å². The van der Waals surface area contributed by atoms with Crippen molar-refractivity contribution in [3.63, 3.8) is 0 Å². The SMILES string of the molecule is C=NC(P(=O)(O)O)P(=O)(O)O. The van der Waals surface area contributed by atoms with E-state index in [-0.39, 0.29) is 0 Å². The van der Waals surface area contributed by atoms with E-state index in [1.807, 2.05) is 0 Å². The molecule has 0 aliphatic rings. The molecule has 7 nitrogen and oxygen atoms in total. The summed E-state index contributed by atoms with van der Waals surface area (Å²) in [5, 5.41) is 0. The van der Waals surface area contributed by atoms with E-state index < -0.39 is 20.7 Å². The maximum absolute atomic E-state index is 10.3. The smallest absolute Gasteiger partial charge is 0.322 e. The second kappa shape index (κ2) is 3.15. The zero-order valence-electron chi connectivity index (χ0n) is 5.23. The largest absolute Gasteiger partial charge is 0.362 e. The highest BCUT2D eigenvalue weighted by Gasteiger charge is 2.42. The summed E-state index contributed by atoms with van der Waals surface area (Å²) >= 11 is 0. The van der Waals surface area contributed by atoms with Crippen molar-refractivity contribution >= 4 is 21.9 Å². The van der Waals surface area contributed by atoms with Crippen molar-refractivity contribution in [3.8, 4) is 0 Å². The summed E-state index contributed by atoms with van der Waals surface area (Å²) in [5.41, 5.74) is -2.34. The van der Waals surface area contributed by atoms with Crippen LogP contribution in [0.15, 0.2) is 4.99 Å². The molecule has 0 saturated carbocycles. The van der Waals surface area contributed by atoms with Gasteiger partial charge in [-0.25, -0.2) is 0 Å². The number of rotatable bonds is 3. The maximum atomic E-state index is 10.3. The van der Waals surface area contributed by atoms with Crippen molar-refractivity contribution in [1.29, 1.82) is 0 Å². The molecule has 0 aromatic rings. The van der Waals surface area contributed by atoms with Gasteiger partial charge in [-0.15, -0.1) is 0 Å². The van der Waals surface area contributed by atoms with Crippen LogP contribution in [0, 0.1) is 0 Å². The molecule has 0 aliphatic carbocycles. The average molecular weight is 203 g/mol. The molecule has 0 radical (unpaired) electrons. The summed E-state index contributed by atoms with van der Waals surface area (Å²) in [6, 6.07) is 0. The number of hydrogen-bond acceptors (Lipinski definition) is 3. The molecule has 0 amide bonds. The fourth-order valence-corrected chi connectivity index (χ4v) is 2.40. The molecule has 11 heavy (non-hydrogen) atoms. The molecule has 0 spiro atoms. The van der Waals surface area contributed by atoms with Gasteiger partial charge in [0.05, 0.1) is 0 Å². The van der Waals surface area contributed by atoms with Gasteiger partial charge in [-0.1, -0.05) is 0 Å². The van der Waals surface area contributed by atoms with E-state index in [1.165, 1.54) is 0 Å². The van der Waals surface area contributed by atoms with Gasteiger partial charge in [0.15, 0.2) is 0 Å². The predicted octanol–water partition coefficient (Wildman–Crippen LogP) is -0.674. The van der Waals surface area contributed by atoms with Crippen LogP contribution in [0.25, 0.3) is 0 Å². The standard InChI is InChI=1S/C2H7NO6P2/c1-3-2(10(4,5)6)11(7,8)9/h2H,1H2,(H2,4,5,6)(H2,7,8,9). The van der Waals surface area contributed by atoms with Gasteiger partial charge in [0, 0.05) is 0 Å². The highest BCUT2D eigenvalue weighted by atomic mass is 31.2. The first-order valence-corrected chi connectivity index (χ1v) is 5.62. The monoisotopic (exact) mass is 203 g/mol. The van der Waals surface area contributed by atoms with Gasteiger partial charge >= 0.3 is 15.2 Å². The Morgan fingerprint density at radius 2 is 1.36 bits per heavy atom. The molecule has 0 atom stereocenters. The number of aliphatic imine (C=N–C) groups is 1. The second-order valence-corrected chi connectivity index (χ2v) is 5.45. The van der Waals surface area contributed by atoms with Crippen LogP contribution in [-0.4, -0.2) is 31.8 Å². The second-order valence-electron chi connectivity index (χ2n) is 1.71. The highest BCUT2D eigenvalue weighted by Crippen LogP contribution is 2.60. The average Bonchev–Trinajstić information content (AvgIpc) is 1.56. The third-order valence-corrected chi connectivity index (χ3v) is 4.10. The van der Waals surface area contributed by atoms with Crippen LogP contribution in [0.5, 0.6) is 0 Å². The first kappa shape index (κ1) is 11.0. The summed E-state index contributed by atoms with van der Waals surface area (Å²) < 4.78 is 20.6. The molecule has 0 saturated heterocycles. The quantitative estimate of drug-likeness (QED) is 0.355. The lowest BCUT2D eigenvalue weighted by Gasteiger charge is -2.13. The van der Waals surface area contributed by atoms with Crippen molar-refractivity contribution in [2.24, 2.45) is 4.99 Å². The number of hydrogen-bond donors (Lipinski definition) is 4. The summed E-state index contributed by atoms with van der Waals surface area (Å²) in [4.78, 5) is 35.8. The molecule has 0 heterocycles. The Kier molecular flexibility index (Phi) is 3.14. The molecule has 0 bridgehead atoms. The van der Waals surface area contributed by atoms with Crippen molar-refractivity contribution < 1.29 is 28.7 Å². The first-order valence-electron chi connectivity index (χ1n) is 2.26. The molecule has 0 aliphatic heterocycles. The molecule has 0 fully saturated rings. The van der Waals surface area contributed by atoms with Gasteiger partial charge in [-0.3, -0.25) is 14.1 Å². The molecule has 66 valence electrons. The maximum Gasteiger partial charge on any atom is 0.362 e. The Morgan fingerprint density at radius 1 is 1.09 bits per heavy atom. The molecule has 0 unspecified atom stereocenters. The van der Waals surface area contributed by atoms with Crippen molar-refractivity contribution in [2.75, 3.05) is 0 Å². The summed E-state index contributed by atoms with van der Waals surface area (Å²) in [6.45, 7) is 2.66. The van der Waals surface area contributed by atoms with E-state index in [2.05, 4.69) is 11.7 Å². The lowest BCUT2D eigenvalue weighted by molar-refractivity contribution is 0.340. The van der Waals surface area contributed by atoms with Crippen LogP contribution in [-0.2, 0) is 9.13 Å². The van der Waals surface area contributed by atoms with Crippen molar-refractivity contribution in [2.45, 2.75) is 5.52 Å². The summed E-state index contributed by atoms with van der Waals surface area (Å²) in [7, 11) is -9.78. The zero-order chi connectivity index (χ0) is 9.28. The van der Waals surface area contributed by atoms with E-state index in [4.69, 9.17) is 19.6 Å². The highest BCUT2D eigenvalue weighted by molar-refractivity contribution is 7.70. The summed E-state index contributed by atoms with van der Waals surface area (Å²) in [6.07, 6.45) is 0. The Hall–Kier alpha value is -0.0300. The minimum absolute atomic E-state index is 2.34. The molecular weight excluding hydrogens is 196 g/mol. The Morgan fingerprint density at radius 3 is 1.36 bits per heavy atom. The Bertz CT molecular complexity index is 215. The topological polar surface area (TPSA) is 127 Å². The zero-order valence-corrected chi connectivity index (χ0v) is 7.02. The molecular formula is C2H7NO6P2. The van der Waals surface area contributed by atoms with Gasteiger partial charge in [0.2, 0.25) is 0 Å². The van der Waals surface area contributed by atoms with Crippen molar-refractivity contribution in [3.05, 3.63) is 0 Å². The van der Waals surface area contributed by atoms with Gasteiger partial charge in [-0.05, 0) is 6.72 Å². The fraction of sp³-hybridized carbons (Fsp3) is 0.500. The van der Waals surface area contributed by atoms with Crippen LogP contribution < -0.4 is 0 Å². The lowest BCUT2D eigenvalue weighted by atomic mass is 11.4. The molecule has 0 rings (SSSR count).